The lowest BCUT2D eigenvalue weighted by molar-refractivity contribution is 0.144. The molecule has 1 fully saturated rings. The maximum atomic E-state index is 3.50. The number of hydrogen-bond acceptors (Lipinski definition) is 2. The average molecular weight is 254 g/mol. The topological polar surface area (TPSA) is 15.3 Å². The van der Waals surface area contributed by atoms with Crippen LogP contribution in [0, 0.1) is 5.92 Å². The van der Waals surface area contributed by atoms with Crippen LogP contribution in [0.1, 0.15) is 66.2 Å². The Morgan fingerprint density at radius 2 is 1.67 bits per heavy atom. The lowest BCUT2D eigenvalue weighted by Crippen LogP contribution is -2.38. The van der Waals surface area contributed by atoms with Crippen molar-refractivity contribution in [2.24, 2.45) is 5.92 Å². The largest absolute Gasteiger partial charge is 0.315 e. The molecule has 0 aromatic rings. The molecular formula is C16H34N2. The van der Waals surface area contributed by atoms with Crippen LogP contribution in [0.2, 0.25) is 0 Å². The summed E-state index contributed by atoms with van der Waals surface area (Å²) in [6.07, 6.45) is 8.53. The van der Waals surface area contributed by atoms with Gasteiger partial charge >= 0.3 is 0 Å². The molecule has 1 rings (SSSR count). The van der Waals surface area contributed by atoms with Crippen LogP contribution in [-0.2, 0) is 0 Å². The van der Waals surface area contributed by atoms with Gasteiger partial charge in [-0.3, -0.25) is 0 Å². The van der Waals surface area contributed by atoms with Crippen molar-refractivity contribution in [3.63, 3.8) is 0 Å². The van der Waals surface area contributed by atoms with Crippen LogP contribution in [0.4, 0.5) is 0 Å². The molecule has 0 aromatic heterocycles. The highest BCUT2D eigenvalue weighted by atomic mass is 15.1. The highest BCUT2D eigenvalue weighted by molar-refractivity contribution is 4.74. The minimum Gasteiger partial charge on any atom is -0.315 e. The van der Waals surface area contributed by atoms with Gasteiger partial charge in [-0.15, -0.1) is 0 Å². The third-order valence-corrected chi connectivity index (χ3v) is 4.22. The lowest BCUT2D eigenvalue weighted by atomic mass is 9.91. The Morgan fingerprint density at radius 1 is 1.00 bits per heavy atom. The number of nitrogens with zero attached hydrogens (tertiary/aromatic N) is 1. The summed E-state index contributed by atoms with van der Waals surface area (Å²) in [4.78, 5) is 2.63. The molecule has 0 unspecified atom stereocenters. The van der Waals surface area contributed by atoms with Crippen molar-refractivity contribution in [2.45, 2.75) is 78.3 Å². The molecule has 18 heavy (non-hydrogen) atoms. The van der Waals surface area contributed by atoms with Crippen LogP contribution in [0.25, 0.3) is 0 Å². The molecule has 1 N–H and O–H groups in total. The molecule has 1 heterocycles. The zero-order chi connectivity index (χ0) is 13.4. The Morgan fingerprint density at radius 3 is 2.22 bits per heavy atom. The van der Waals surface area contributed by atoms with Crippen molar-refractivity contribution in [2.75, 3.05) is 19.6 Å². The zero-order valence-corrected chi connectivity index (χ0v) is 13.0. The summed E-state index contributed by atoms with van der Waals surface area (Å²) >= 11 is 0. The van der Waals surface area contributed by atoms with Crippen molar-refractivity contribution in [1.29, 1.82) is 0 Å². The molecule has 0 spiro atoms. The Hall–Kier alpha value is -0.0800. The van der Waals surface area contributed by atoms with Crippen LogP contribution in [-0.4, -0.2) is 36.6 Å². The van der Waals surface area contributed by atoms with Crippen LogP contribution < -0.4 is 5.32 Å². The van der Waals surface area contributed by atoms with Crippen molar-refractivity contribution in [3.05, 3.63) is 0 Å². The molecule has 0 amide bonds. The summed E-state index contributed by atoms with van der Waals surface area (Å²) in [7, 11) is 0. The van der Waals surface area contributed by atoms with E-state index in [0.29, 0.717) is 6.04 Å². The molecule has 2 heteroatoms. The Kier molecular flexibility index (Phi) is 7.92. The second-order valence-electron chi connectivity index (χ2n) is 6.53. The highest BCUT2D eigenvalue weighted by Crippen LogP contribution is 2.23. The maximum absolute atomic E-state index is 3.50. The van der Waals surface area contributed by atoms with Crippen LogP contribution in [0.15, 0.2) is 0 Å². The number of nitrogens with one attached hydrogen (secondary N) is 1. The molecule has 0 aliphatic carbocycles. The first-order chi connectivity index (χ1) is 8.59. The standard InChI is InChI=1S/C16H34N2/c1-14(2)17-11-7-5-6-8-16-9-12-18(13-10-16)15(3)4/h14-17H,5-13H2,1-4H3. The fraction of sp³-hybridized carbons (Fsp3) is 1.00. The molecule has 0 aromatic carbocycles. The summed E-state index contributed by atoms with van der Waals surface area (Å²) in [5.74, 6) is 1.01. The SMILES string of the molecule is CC(C)NCCCCCC1CCN(C(C)C)CC1. The Bertz CT molecular complexity index is 193. The van der Waals surface area contributed by atoms with E-state index in [4.69, 9.17) is 0 Å². The van der Waals surface area contributed by atoms with Crippen molar-refractivity contribution < 1.29 is 0 Å². The van der Waals surface area contributed by atoms with E-state index >= 15 is 0 Å². The molecule has 108 valence electrons. The van der Waals surface area contributed by atoms with Gasteiger partial charge in [0.15, 0.2) is 0 Å². The second kappa shape index (κ2) is 8.92. The third-order valence-electron chi connectivity index (χ3n) is 4.22. The minimum absolute atomic E-state index is 0.644. The van der Waals surface area contributed by atoms with Crippen molar-refractivity contribution >= 4 is 0 Å². The molecule has 0 saturated carbocycles. The van der Waals surface area contributed by atoms with E-state index in [2.05, 4.69) is 37.9 Å². The highest BCUT2D eigenvalue weighted by Gasteiger charge is 2.20. The monoisotopic (exact) mass is 254 g/mol. The second-order valence-corrected chi connectivity index (χ2v) is 6.53. The first kappa shape index (κ1) is 16.0. The summed E-state index contributed by atoms with van der Waals surface area (Å²) < 4.78 is 0. The third kappa shape index (κ3) is 6.75. The first-order valence-electron chi connectivity index (χ1n) is 8.07. The number of rotatable bonds is 8. The van der Waals surface area contributed by atoms with E-state index in [1.54, 1.807) is 0 Å². The molecule has 0 radical (unpaired) electrons. The smallest absolute Gasteiger partial charge is 0.00385 e. The maximum Gasteiger partial charge on any atom is 0.00385 e. The average Bonchev–Trinajstić information content (AvgIpc) is 2.34. The zero-order valence-electron chi connectivity index (χ0n) is 13.0. The van der Waals surface area contributed by atoms with Gasteiger partial charge in [-0.1, -0.05) is 33.1 Å². The normalized spacial score (nSPS) is 19.0. The van der Waals surface area contributed by atoms with Crippen LogP contribution >= 0.6 is 0 Å². The van der Waals surface area contributed by atoms with Gasteiger partial charge in [0.25, 0.3) is 0 Å². The van der Waals surface area contributed by atoms with Gasteiger partial charge in [0, 0.05) is 12.1 Å². The number of piperidine rings is 1. The van der Waals surface area contributed by atoms with Crippen LogP contribution in [0.5, 0.6) is 0 Å². The quantitative estimate of drug-likeness (QED) is 0.665. The van der Waals surface area contributed by atoms with Crippen molar-refractivity contribution in [1.82, 2.24) is 10.2 Å². The van der Waals surface area contributed by atoms with E-state index in [0.717, 1.165) is 12.0 Å². The Balaban J connectivity index is 1.95. The fourth-order valence-corrected chi connectivity index (χ4v) is 2.88. The predicted octanol–water partition coefficient (Wildman–Crippen LogP) is 3.67. The van der Waals surface area contributed by atoms with E-state index in [9.17, 15) is 0 Å². The van der Waals surface area contributed by atoms with Gasteiger partial charge in [-0.2, -0.15) is 0 Å². The Labute approximate surface area is 115 Å². The van der Waals surface area contributed by atoms with Gasteiger partial charge in [0.05, 0.1) is 0 Å². The fourth-order valence-electron chi connectivity index (χ4n) is 2.88. The van der Waals surface area contributed by atoms with Crippen LogP contribution in [0.3, 0.4) is 0 Å². The summed E-state index contributed by atoms with van der Waals surface area (Å²) in [6, 6.07) is 1.39. The van der Waals surface area contributed by atoms with E-state index in [-0.39, 0.29) is 0 Å². The number of likely N-dealkylation sites (tertiary alicyclic amines) is 1. The lowest BCUT2D eigenvalue weighted by Gasteiger charge is -2.34. The van der Waals surface area contributed by atoms with Gasteiger partial charge in [0.1, 0.15) is 0 Å². The van der Waals surface area contributed by atoms with Gasteiger partial charge in [-0.05, 0) is 58.7 Å². The molecular weight excluding hydrogens is 220 g/mol. The van der Waals surface area contributed by atoms with Crippen molar-refractivity contribution in [3.8, 4) is 0 Å². The molecule has 0 bridgehead atoms. The summed E-state index contributed by atoms with van der Waals surface area (Å²) in [5, 5.41) is 3.50. The van der Waals surface area contributed by atoms with Gasteiger partial charge in [-0.25, -0.2) is 0 Å². The van der Waals surface area contributed by atoms with Gasteiger partial charge < -0.3 is 10.2 Å². The van der Waals surface area contributed by atoms with E-state index < -0.39 is 0 Å². The summed E-state index contributed by atoms with van der Waals surface area (Å²) in [6.45, 7) is 13.0. The number of unbranched alkanes of at least 4 members (excludes halogenated alkanes) is 2. The van der Waals surface area contributed by atoms with E-state index in [1.807, 2.05) is 0 Å². The predicted molar refractivity (Wildman–Crippen MR) is 81.0 cm³/mol. The van der Waals surface area contributed by atoms with Gasteiger partial charge in [0.2, 0.25) is 0 Å². The minimum atomic E-state index is 0.644. The molecule has 1 saturated heterocycles. The molecule has 1 aliphatic rings. The molecule has 2 nitrogen and oxygen atoms in total. The number of hydrogen-bond donors (Lipinski definition) is 1. The summed E-state index contributed by atoms with van der Waals surface area (Å²) in [5.41, 5.74) is 0. The van der Waals surface area contributed by atoms with E-state index in [1.165, 1.54) is 58.2 Å². The molecule has 1 aliphatic heterocycles. The molecule has 0 atom stereocenters. The first-order valence-corrected chi connectivity index (χ1v) is 8.07.